The zero-order valence-corrected chi connectivity index (χ0v) is 13.1. The van der Waals surface area contributed by atoms with Crippen molar-refractivity contribution in [2.75, 3.05) is 6.54 Å². The van der Waals surface area contributed by atoms with Crippen LogP contribution in [0.25, 0.3) is 0 Å². The molecule has 1 aromatic heterocycles. The van der Waals surface area contributed by atoms with Gasteiger partial charge in [0.2, 0.25) is 11.8 Å². The molecule has 0 aliphatic carbocycles. The molecule has 5 heteroatoms. The number of nitrogens with one attached hydrogen (secondary N) is 1. The average molecular weight is 294 g/mol. The van der Waals surface area contributed by atoms with Crippen LogP contribution in [0.4, 0.5) is 0 Å². The van der Waals surface area contributed by atoms with Gasteiger partial charge in [-0.3, -0.25) is 9.59 Å². The Balaban J connectivity index is 2.12. The minimum Gasteiger partial charge on any atom is -0.344 e. The Kier molecular flexibility index (Phi) is 4.81. The van der Waals surface area contributed by atoms with Crippen molar-refractivity contribution in [1.29, 1.82) is 0 Å². The predicted molar refractivity (Wildman–Crippen MR) is 80.6 cm³/mol. The van der Waals surface area contributed by atoms with Crippen LogP contribution in [0, 0.1) is 5.92 Å². The Morgan fingerprint density at radius 2 is 2.15 bits per heavy atom. The minimum atomic E-state index is -0.394. The summed E-state index contributed by atoms with van der Waals surface area (Å²) in [4.78, 5) is 26.2. The van der Waals surface area contributed by atoms with Gasteiger partial charge in [-0.15, -0.1) is 0 Å². The van der Waals surface area contributed by atoms with Crippen LogP contribution in [0.2, 0.25) is 0 Å². The maximum Gasteiger partial charge on any atom is 0.245 e. The van der Waals surface area contributed by atoms with Crippen LogP contribution in [0.1, 0.15) is 32.8 Å². The molecule has 0 spiro atoms. The molecule has 2 rings (SSSR count). The first-order valence-corrected chi connectivity index (χ1v) is 8.04. The molecule has 0 saturated carbocycles. The lowest BCUT2D eigenvalue weighted by Gasteiger charge is -2.31. The van der Waals surface area contributed by atoms with Gasteiger partial charge in [0.05, 0.1) is 0 Å². The largest absolute Gasteiger partial charge is 0.344 e. The summed E-state index contributed by atoms with van der Waals surface area (Å²) in [6.45, 7) is 6.51. The highest BCUT2D eigenvalue weighted by Gasteiger charge is 2.33. The van der Waals surface area contributed by atoms with Crippen molar-refractivity contribution in [3.05, 3.63) is 22.4 Å². The molecular formula is C15H22N2O2S. The van der Waals surface area contributed by atoms with Crippen molar-refractivity contribution >= 4 is 23.2 Å². The lowest BCUT2D eigenvalue weighted by molar-refractivity contribution is -0.136. The summed E-state index contributed by atoms with van der Waals surface area (Å²) in [5, 5.41) is 7.01. The molecule has 1 aliphatic heterocycles. The van der Waals surface area contributed by atoms with Crippen molar-refractivity contribution in [2.24, 2.45) is 5.92 Å². The van der Waals surface area contributed by atoms with Gasteiger partial charge >= 0.3 is 0 Å². The zero-order chi connectivity index (χ0) is 14.7. The van der Waals surface area contributed by atoms with Gasteiger partial charge in [-0.05, 0) is 41.7 Å². The van der Waals surface area contributed by atoms with Gasteiger partial charge in [0, 0.05) is 19.0 Å². The topological polar surface area (TPSA) is 49.4 Å². The Hall–Kier alpha value is -1.36. The summed E-state index contributed by atoms with van der Waals surface area (Å²) in [6.07, 6.45) is 1.23. The fourth-order valence-corrected chi connectivity index (χ4v) is 3.25. The maximum absolute atomic E-state index is 12.6. The molecule has 4 nitrogen and oxygen atoms in total. The highest BCUT2D eigenvalue weighted by molar-refractivity contribution is 7.07. The Morgan fingerprint density at radius 3 is 2.75 bits per heavy atom. The molecule has 20 heavy (non-hydrogen) atoms. The number of hydrogen-bond acceptors (Lipinski definition) is 3. The molecule has 110 valence electrons. The minimum absolute atomic E-state index is 0.0257. The molecule has 1 aliphatic rings. The average Bonchev–Trinajstić information content (AvgIpc) is 2.82. The first-order valence-electron chi connectivity index (χ1n) is 7.10. The normalized spacial score (nSPS) is 21.8. The maximum atomic E-state index is 12.6. The van der Waals surface area contributed by atoms with Crippen LogP contribution in [-0.2, 0) is 16.0 Å². The third-order valence-corrected chi connectivity index (χ3v) is 4.49. The molecule has 0 bridgehead atoms. The second kappa shape index (κ2) is 6.39. The van der Waals surface area contributed by atoms with E-state index in [9.17, 15) is 9.59 Å². The molecule has 2 atom stereocenters. The van der Waals surface area contributed by atoms with Crippen molar-refractivity contribution in [2.45, 2.75) is 45.7 Å². The van der Waals surface area contributed by atoms with Gasteiger partial charge in [-0.2, -0.15) is 11.3 Å². The number of carbonyl (C=O) groups excluding carboxylic acids is 2. The highest BCUT2D eigenvalue weighted by atomic mass is 32.1. The van der Waals surface area contributed by atoms with Crippen molar-refractivity contribution in [3.63, 3.8) is 0 Å². The predicted octanol–water partition coefficient (Wildman–Crippen LogP) is 2.05. The zero-order valence-electron chi connectivity index (χ0n) is 12.3. The number of amides is 2. The Labute approximate surface area is 124 Å². The van der Waals surface area contributed by atoms with E-state index in [0.29, 0.717) is 13.0 Å². The number of nitrogens with zero attached hydrogens (tertiary/aromatic N) is 1. The molecule has 1 fully saturated rings. The smallest absolute Gasteiger partial charge is 0.245 e. The molecule has 1 aromatic rings. The monoisotopic (exact) mass is 294 g/mol. The standard InChI is InChI=1S/C15H22N2O2S/c1-10(2)14-15(19)17(6-4-13(18)16-14)11(3)8-12-5-7-20-9-12/h5,7,9-11,14H,4,6,8H2,1-3H3,(H,16,18). The summed E-state index contributed by atoms with van der Waals surface area (Å²) in [5.41, 5.74) is 1.25. The van der Waals surface area contributed by atoms with Crippen LogP contribution in [0.15, 0.2) is 16.8 Å². The molecular weight excluding hydrogens is 272 g/mol. The van der Waals surface area contributed by atoms with Gasteiger partial charge in [0.25, 0.3) is 0 Å². The van der Waals surface area contributed by atoms with E-state index in [0.717, 1.165) is 6.42 Å². The third-order valence-electron chi connectivity index (χ3n) is 3.76. The van der Waals surface area contributed by atoms with Gasteiger partial charge in [0.1, 0.15) is 6.04 Å². The van der Waals surface area contributed by atoms with Crippen LogP contribution in [0.3, 0.4) is 0 Å². The lowest BCUT2D eigenvalue weighted by Crippen LogP contribution is -2.50. The van der Waals surface area contributed by atoms with Gasteiger partial charge in [-0.1, -0.05) is 13.8 Å². The van der Waals surface area contributed by atoms with Gasteiger partial charge < -0.3 is 10.2 Å². The SMILES string of the molecule is CC(C)C1NC(=O)CCN(C(C)Cc2ccsc2)C1=O. The molecule has 2 amide bonds. The van der Waals surface area contributed by atoms with E-state index in [2.05, 4.69) is 23.7 Å². The molecule has 2 heterocycles. The van der Waals surface area contributed by atoms with Crippen LogP contribution < -0.4 is 5.32 Å². The number of carbonyl (C=O) groups is 2. The van der Waals surface area contributed by atoms with E-state index in [1.165, 1.54) is 5.56 Å². The first-order chi connectivity index (χ1) is 9.49. The number of rotatable bonds is 4. The van der Waals surface area contributed by atoms with E-state index in [4.69, 9.17) is 0 Å². The van der Waals surface area contributed by atoms with E-state index >= 15 is 0 Å². The molecule has 0 radical (unpaired) electrons. The van der Waals surface area contributed by atoms with Gasteiger partial charge in [-0.25, -0.2) is 0 Å². The van der Waals surface area contributed by atoms with Crippen molar-refractivity contribution in [3.8, 4) is 0 Å². The quantitative estimate of drug-likeness (QED) is 0.924. The van der Waals surface area contributed by atoms with Crippen LogP contribution in [0.5, 0.6) is 0 Å². The first kappa shape index (κ1) is 15.0. The van der Waals surface area contributed by atoms with Crippen molar-refractivity contribution in [1.82, 2.24) is 10.2 Å². The number of hydrogen-bond donors (Lipinski definition) is 1. The second-order valence-corrected chi connectivity index (χ2v) is 6.54. The molecule has 1 saturated heterocycles. The second-order valence-electron chi connectivity index (χ2n) is 5.76. The fraction of sp³-hybridized carbons (Fsp3) is 0.600. The Morgan fingerprint density at radius 1 is 1.40 bits per heavy atom. The van der Waals surface area contributed by atoms with Crippen LogP contribution in [-0.4, -0.2) is 35.3 Å². The lowest BCUT2D eigenvalue weighted by atomic mass is 10.0. The van der Waals surface area contributed by atoms with E-state index < -0.39 is 6.04 Å². The highest BCUT2D eigenvalue weighted by Crippen LogP contribution is 2.17. The molecule has 1 N–H and O–H groups in total. The van der Waals surface area contributed by atoms with E-state index in [-0.39, 0.29) is 23.8 Å². The van der Waals surface area contributed by atoms with Crippen molar-refractivity contribution < 1.29 is 9.59 Å². The van der Waals surface area contributed by atoms with E-state index in [1.807, 2.05) is 24.1 Å². The molecule has 0 aromatic carbocycles. The summed E-state index contributed by atoms with van der Waals surface area (Å²) in [6, 6.07) is 1.81. The van der Waals surface area contributed by atoms with Gasteiger partial charge in [0.15, 0.2) is 0 Å². The summed E-state index contributed by atoms with van der Waals surface area (Å²) in [5.74, 6) is 0.135. The molecule has 2 unspecified atom stereocenters. The third kappa shape index (κ3) is 3.39. The summed E-state index contributed by atoms with van der Waals surface area (Å²) in [7, 11) is 0. The summed E-state index contributed by atoms with van der Waals surface area (Å²) < 4.78 is 0. The van der Waals surface area contributed by atoms with E-state index in [1.54, 1.807) is 11.3 Å². The fourth-order valence-electron chi connectivity index (χ4n) is 2.57. The van der Waals surface area contributed by atoms with Crippen LogP contribution >= 0.6 is 11.3 Å². The number of thiophene rings is 1. The Bertz CT molecular complexity index is 470. The summed E-state index contributed by atoms with van der Waals surface area (Å²) >= 11 is 1.67.